The molecule has 0 spiro atoms. The number of nitrogens with zero attached hydrogens (tertiary/aromatic N) is 2. The van der Waals surface area contributed by atoms with Gasteiger partial charge in [0.25, 0.3) is 0 Å². The van der Waals surface area contributed by atoms with Crippen molar-refractivity contribution in [1.29, 1.82) is 0 Å². The van der Waals surface area contributed by atoms with Gasteiger partial charge in [-0.1, -0.05) is 6.92 Å². The first-order valence-corrected chi connectivity index (χ1v) is 5.40. The minimum atomic E-state index is -0.458. The highest BCUT2D eigenvalue weighted by atomic mass is 16.5. The second kappa shape index (κ2) is 5.44. The number of anilines is 1. The zero-order chi connectivity index (χ0) is 12.1. The van der Waals surface area contributed by atoms with E-state index in [1.165, 1.54) is 0 Å². The van der Waals surface area contributed by atoms with E-state index in [0.717, 1.165) is 12.8 Å². The number of carbonyl (C=O) groups excluding carboxylic acids is 1. The number of rotatable bonds is 4. The first kappa shape index (κ1) is 12.4. The molecule has 0 aliphatic rings. The number of ether oxygens (including phenoxy) is 1. The molecular formula is C11H17N3O2. The number of nitrogens with two attached hydrogens (primary N) is 1. The smallest absolute Gasteiger partial charge is 0.343 e. The zero-order valence-corrected chi connectivity index (χ0v) is 9.91. The van der Waals surface area contributed by atoms with Gasteiger partial charge in [-0.2, -0.15) is 0 Å². The molecule has 1 aromatic heterocycles. The van der Waals surface area contributed by atoms with Gasteiger partial charge in [-0.15, -0.1) is 0 Å². The van der Waals surface area contributed by atoms with Crippen LogP contribution >= 0.6 is 0 Å². The van der Waals surface area contributed by atoms with E-state index in [4.69, 9.17) is 10.5 Å². The second-order valence-electron chi connectivity index (χ2n) is 3.46. The van der Waals surface area contributed by atoms with Crippen molar-refractivity contribution in [2.75, 3.05) is 12.3 Å². The Labute approximate surface area is 95.0 Å². The van der Waals surface area contributed by atoms with E-state index in [9.17, 15) is 4.79 Å². The summed E-state index contributed by atoms with van der Waals surface area (Å²) in [5.74, 6) is 0.417. The minimum Gasteiger partial charge on any atom is -0.462 e. The minimum absolute atomic E-state index is 0.203. The molecule has 1 heterocycles. The van der Waals surface area contributed by atoms with Gasteiger partial charge in [0.2, 0.25) is 0 Å². The molecular weight excluding hydrogens is 206 g/mol. The molecule has 1 aromatic rings. The molecule has 0 aliphatic carbocycles. The highest BCUT2D eigenvalue weighted by molar-refractivity contribution is 5.95. The zero-order valence-electron chi connectivity index (χ0n) is 9.91. The fraction of sp³-hybridized carbons (Fsp3) is 0.545. The maximum absolute atomic E-state index is 11.6. The predicted octanol–water partition coefficient (Wildman–Crippen LogP) is 1.50. The summed E-state index contributed by atoms with van der Waals surface area (Å²) in [6.45, 7) is 5.84. The maximum Gasteiger partial charge on any atom is 0.343 e. The van der Waals surface area contributed by atoms with Gasteiger partial charge >= 0.3 is 5.97 Å². The molecule has 0 bridgehead atoms. The van der Waals surface area contributed by atoms with Crippen molar-refractivity contribution in [2.24, 2.45) is 0 Å². The molecule has 5 nitrogen and oxygen atoms in total. The molecule has 2 N–H and O–H groups in total. The summed E-state index contributed by atoms with van der Waals surface area (Å²) in [4.78, 5) is 19.9. The lowest BCUT2D eigenvalue weighted by molar-refractivity contribution is 0.0526. The van der Waals surface area contributed by atoms with Crippen molar-refractivity contribution in [2.45, 2.75) is 33.6 Å². The third kappa shape index (κ3) is 2.68. The van der Waals surface area contributed by atoms with Crippen LogP contribution in [0.5, 0.6) is 0 Å². The van der Waals surface area contributed by atoms with E-state index in [2.05, 4.69) is 9.97 Å². The average Bonchev–Trinajstić information content (AvgIpc) is 2.17. The molecule has 0 unspecified atom stereocenters. The SMILES string of the molecule is CCCc1nc(C)c(C(=O)OCC)c(N)n1. The molecule has 0 atom stereocenters. The van der Waals surface area contributed by atoms with Crippen LogP contribution in [-0.2, 0) is 11.2 Å². The molecule has 0 fully saturated rings. The Morgan fingerprint density at radius 1 is 1.38 bits per heavy atom. The average molecular weight is 223 g/mol. The quantitative estimate of drug-likeness (QED) is 0.782. The Morgan fingerprint density at radius 3 is 2.56 bits per heavy atom. The van der Waals surface area contributed by atoms with Gasteiger partial charge in [-0.3, -0.25) is 0 Å². The summed E-state index contributed by atoms with van der Waals surface area (Å²) < 4.78 is 4.89. The lowest BCUT2D eigenvalue weighted by Gasteiger charge is -2.08. The lowest BCUT2D eigenvalue weighted by Crippen LogP contribution is -2.14. The molecule has 0 saturated carbocycles. The third-order valence-corrected chi connectivity index (χ3v) is 2.12. The van der Waals surface area contributed by atoms with Gasteiger partial charge in [-0.05, 0) is 20.3 Å². The molecule has 88 valence electrons. The van der Waals surface area contributed by atoms with Gasteiger partial charge in [0, 0.05) is 6.42 Å². The molecule has 5 heteroatoms. The normalized spacial score (nSPS) is 10.2. The summed E-state index contributed by atoms with van der Waals surface area (Å²) in [7, 11) is 0. The lowest BCUT2D eigenvalue weighted by atomic mass is 10.2. The van der Waals surface area contributed by atoms with Crippen LogP contribution < -0.4 is 5.73 Å². The molecule has 16 heavy (non-hydrogen) atoms. The van der Waals surface area contributed by atoms with Gasteiger partial charge in [0.05, 0.1) is 12.3 Å². The highest BCUT2D eigenvalue weighted by Gasteiger charge is 2.17. The number of hydrogen-bond acceptors (Lipinski definition) is 5. The van der Waals surface area contributed by atoms with Crippen LogP contribution in [0.3, 0.4) is 0 Å². The van der Waals surface area contributed by atoms with Crippen molar-refractivity contribution < 1.29 is 9.53 Å². The van der Waals surface area contributed by atoms with Crippen molar-refractivity contribution in [3.05, 3.63) is 17.1 Å². The molecule has 0 aliphatic heterocycles. The highest BCUT2D eigenvalue weighted by Crippen LogP contribution is 2.15. The van der Waals surface area contributed by atoms with E-state index in [1.54, 1.807) is 13.8 Å². The Bertz CT molecular complexity index is 368. The molecule has 0 aromatic carbocycles. The van der Waals surface area contributed by atoms with Crippen LogP contribution in [-0.4, -0.2) is 22.5 Å². The third-order valence-electron chi connectivity index (χ3n) is 2.12. The number of nitrogen functional groups attached to an aromatic ring is 1. The summed E-state index contributed by atoms with van der Waals surface area (Å²) in [5.41, 5.74) is 6.59. The van der Waals surface area contributed by atoms with E-state index < -0.39 is 5.97 Å². The monoisotopic (exact) mass is 223 g/mol. The van der Waals surface area contributed by atoms with Crippen LogP contribution in [0.25, 0.3) is 0 Å². The number of carbonyl (C=O) groups is 1. The Kier molecular flexibility index (Phi) is 4.22. The van der Waals surface area contributed by atoms with Gasteiger partial charge in [-0.25, -0.2) is 14.8 Å². The summed E-state index contributed by atoms with van der Waals surface area (Å²) in [6, 6.07) is 0. The number of esters is 1. The summed E-state index contributed by atoms with van der Waals surface area (Å²) in [6.07, 6.45) is 1.70. The van der Waals surface area contributed by atoms with E-state index in [-0.39, 0.29) is 11.4 Å². The topological polar surface area (TPSA) is 78.1 Å². The first-order valence-electron chi connectivity index (χ1n) is 5.40. The molecule has 0 radical (unpaired) electrons. The number of aryl methyl sites for hydroxylation is 2. The predicted molar refractivity (Wildman–Crippen MR) is 61.1 cm³/mol. The second-order valence-corrected chi connectivity index (χ2v) is 3.46. The summed E-state index contributed by atoms with van der Waals surface area (Å²) in [5, 5.41) is 0. The van der Waals surface area contributed by atoms with Crippen LogP contribution in [0, 0.1) is 6.92 Å². The van der Waals surface area contributed by atoms with E-state index in [0.29, 0.717) is 18.1 Å². The van der Waals surface area contributed by atoms with E-state index in [1.807, 2.05) is 6.92 Å². The van der Waals surface area contributed by atoms with Crippen molar-refractivity contribution >= 4 is 11.8 Å². The van der Waals surface area contributed by atoms with Crippen molar-refractivity contribution in [1.82, 2.24) is 9.97 Å². The Balaban J connectivity index is 3.07. The number of aromatic nitrogens is 2. The Morgan fingerprint density at radius 2 is 2.06 bits per heavy atom. The van der Waals surface area contributed by atoms with Crippen LogP contribution in [0.2, 0.25) is 0 Å². The van der Waals surface area contributed by atoms with Gasteiger partial charge in [0.15, 0.2) is 0 Å². The maximum atomic E-state index is 11.6. The standard InChI is InChI=1S/C11H17N3O2/c1-4-6-8-13-7(3)9(10(12)14-8)11(15)16-5-2/h4-6H2,1-3H3,(H2,12,13,14). The van der Waals surface area contributed by atoms with Crippen LogP contribution in [0.15, 0.2) is 0 Å². The van der Waals surface area contributed by atoms with Crippen LogP contribution in [0.4, 0.5) is 5.82 Å². The molecule has 0 amide bonds. The van der Waals surface area contributed by atoms with E-state index >= 15 is 0 Å². The molecule has 0 saturated heterocycles. The van der Waals surface area contributed by atoms with Gasteiger partial charge < -0.3 is 10.5 Å². The fourth-order valence-corrected chi connectivity index (χ4v) is 1.45. The van der Waals surface area contributed by atoms with Crippen molar-refractivity contribution in [3.63, 3.8) is 0 Å². The first-order chi connectivity index (χ1) is 7.60. The Hall–Kier alpha value is -1.65. The van der Waals surface area contributed by atoms with Crippen molar-refractivity contribution in [3.8, 4) is 0 Å². The van der Waals surface area contributed by atoms with Gasteiger partial charge in [0.1, 0.15) is 17.2 Å². The fourth-order valence-electron chi connectivity index (χ4n) is 1.45. The molecule has 1 rings (SSSR count). The summed E-state index contributed by atoms with van der Waals surface area (Å²) >= 11 is 0. The largest absolute Gasteiger partial charge is 0.462 e. The number of hydrogen-bond donors (Lipinski definition) is 1. The van der Waals surface area contributed by atoms with Crippen LogP contribution in [0.1, 0.15) is 42.1 Å².